The Labute approximate surface area is 128 Å². The third kappa shape index (κ3) is 3.64. The molecule has 2 aromatic heterocycles. The zero-order valence-electron chi connectivity index (χ0n) is 12.0. The van der Waals surface area contributed by atoms with Crippen LogP contribution in [0.5, 0.6) is 0 Å². The Balaban J connectivity index is 2.30. The number of thioether (sulfide) groups is 2. The van der Waals surface area contributed by atoms with Crippen molar-refractivity contribution < 1.29 is 0 Å². The van der Waals surface area contributed by atoms with Crippen molar-refractivity contribution in [1.82, 2.24) is 15.0 Å². The SMILES string of the molecule is CSc1cc(N)nc(SC(C)(C)c2cc(C)ccn2)n1. The van der Waals surface area contributed by atoms with Gasteiger partial charge in [0.25, 0.3) is 0 Å². The quantitative estimate of drug-likeness (QED) is 0.530. The van der Waals surface area contributed by atoms with Crippen molar-refractivity contribution >= 4 is 29.3 Å². The minimum absolute atomic E-state index is 0.213. The number of nitrogens with two attached hydrogens (primary N) is 1. The molecule has 0 amide bonds. The largest absolute Gasteiger partial charge is 0.384 e. The van der Waals surface area contributed by atoms with Crippen molar-refractivity contribution in [2.45, 2.75) is 35.7 Å². The Morgan fingerprint density at radius 3 is 2.60 bits per heavy atom. The minimum atomic E-state index is -0.213. The van der Waals surface area contributed by atoms with Crippen LogP contribution >= 0.6 is 23.5 Å². The standard InChI is InChI=1S/C14H18N4S2/c1-9-5-6-16-10(7-9)14(2,3)20-13-17-11(15)8-12(18-13)19-4/h5-8H,1-4H3,(H2,15,17,18). The topological polar surface area (TPSA) is 64.7 Å². The zero-order valence-corrected chi connectivity index (χ0v) is 13.7. The van der Waals surface area contributed by atoms with E-state index in [2.05, 4.69) is 41.8 Å². The first-order valence-electron chi connectivity index (χ1n) is 6.21. The number of nitrogens with zero attached hydrogens (tertiary/aromatic N) is 3. The van der Waals surface area contributed by atoms with Crippen molar-refractivity contribution in [3.8, 4) is 0 Å². The lowest BCUT2D eigenvalue weighted by atomic mass is 10.1. The average molecular weight is 306 g/mol. The first-order chi connectivity index (χ1) is 9.40. The van der Waals surface area contributed by atoms with Gasteiger partial charge >= 0.3 is 0 Å². The van der Waals surface area contributed by atoms with E-state index in [-0.39, 0.29) is 4.75 Å². The second-order valence-electron chi connectivity index (χ2n) is 4.95. The molecule has 0 aromatic carbocycles. The van der Waals surface area contributed by atoms with Crippen LogP contribution in [-0.4, -0.2) is 21.2 Å². The van der Waals surface area contributed by atoms with Gasteiger partial charge < -0.3 is 5.73 Å². The number of pyridine rings is 1. The van der Waals surface area contributed by atoms with Crippen LogP contribution in [0.3, 0.4) is 0 Å². The summed E-state index contributed by atoms with van der Waals surface area (Å²) in [6, 6.07) is 5.87. The molecule has 0 atom stereocenters. The van der Waals surface area contributed by atoms with Crippen molar-refractivity contribution in [3.05, 3.63) is 35.7 Å². The molecule has 0 saturated heterocycles. The number of aromatic nitrogens is 3. The van der Waals surface area contributed by atoms with E-state index in [9.17, 15) is 0 Å². The van der Waals surface area contributed by atoms with E-state index in [0.717, 1.165) is 10.7 Å². The molecular weight excluding hydrogens is 288 g/mol. The Kier molecular flexibility index (Phi) is 4.55. The highest BCUT2D eigenvalue weighted by Crippen LogP contribution is 2.39. The molecular formula is C14H18N4S2. The predicted octanol–water partition coefficient (Wildman–Crippen LogP) is 3.51. The second-order valence-corrected chi connectivity index (χ2v) is 7.36. The average Bonchev–Trinajstić information content (AvgIpc) is 2.37. The highest BCUT2D eigenvalue weighted by atomic mass is 32.2. The lowest BCUT2D eigenvalue weighted by Gasteiger charge is -2.22. The second kappa shape index (κ2) is 6.01. The molecule has 0 saturated carbocycles. The van der Waals surface area contributed by atoms with Gasteiger partial charge in [0.2, 0.25) is 0 Å². The summed E-state index contributed by atoms with van der Waals surface area (Å²) in [4.78, 5) is 13.3. The molecule has 4 nitrogen and oxygen atoms in total. The van der Waals surface area contributed by atoms with Crippen LogP contribution < -0.4 is 5.73 Å². The van der Waals surface area contributed by atoms with E-state index >= 15 is 0 Å². The van der Waals surface area contributed by atoms with Crippen LogP contribution in [0.15, 0.2) is 34.6 Å². The maximum Gasteiger partial charge on any atom is 0.191 e. The monoisotopic (exact) mass is 306 g/mol. The first kappa shape index (κ1) is 15.1. The van der Waals surface area contributed by atoms with Crippen molar-refractivity contribution in [3.63, 3.8) is 0 Å². The molecule has 2 aromatic rings. The van der Waals surface area contributed by atoms with Gasteiger partial charge in [0.05, 0.1) is 10.4 Å². The summed E-state index contributed by atoms with van der Waals surface area (Å²) in [7, 11) is 0. The Hall–Kier alpha value is -1.27. The fourth-order valence-electron chi connectivity index (χ4n) is 1.72. The summed E-state index contributed by atoms with van der Waals surface area (Å²) < 4.78 is -0.213. The number of aryl methyl sites for hydroxylation is 1. The molecule has 0 radical (unpaired) electrons. The van der Waals surface area contributed by atoms with E-state index in [1.807, 2.05) is 18.5 Å². The smallest absolute Gasteiger partial charge is 0.191 e. The number of anilines is 1. The van der Waals surface area contributed by atoms with Gasteiger partial charge in [-0.3, -0.25) is 4.98 Å². The van der Waals surface area contributed by atoms with Crippen molar-refractivity contribution in [2.75, 3.05) is 12.0 Å². The maximum absolute atomic E-state index is 5.82. The van der Waals surface area contributed by atoms with Crippen LogP contribution in [0.2, 0.25) is 0 Å². The predicted molar refractivity (Wildman–Crippen MR) is 86.1 cm³/mol. The number of hydrogen-bond donors (Lipinski definition) is 1. The molecule has 0 fully saturated rings. The normalized spacial score (nSPS) is 11.6. The molecule has 2 rings (SSSR count). The molecule has 0 spiro atoms. The van der Waals surface area contributed by atoms with E-state index in [1.165, 1.54) is 5.56 Å². The van der Waals surface area contributed by atoms with E-state index in [0.29, 0.717) is 11.0 Å². The van der Waals surface area contributed by atoms with Gasteiger partial charge in [0.1, 0.15) is 10.8 Å². The molecule has 2 N–H and O–H groups in total. The summed E-state index contributed by atoms with van der Waals surface area (Å²) in [6.07, 6.45) is 3.81. The lowest BCUT2D eigenvalue weighted by Crippen LogP contribution is -2.15. The van der Waals surface area contributed by atoms with Crippen molar-refractivity contribution in [1.29, 1.82) is 0 Å². The van der Waals surface area contributed by atoms with Gasteiger partial charge in [-0.05, 0) is 44.7 Å². The first-order valence-corrected chi connectivity index (χ1v) is 8.25. The maximum atomic E-state index is 5.82. The van der Waals surface area contributed by atoms with Crippen LogP contribution in [-0.2, 0) is 4.75 Å². The molecule has 0 unspecified atom stereocenters. The number of hydrogen-bond acceptors (Lipinski definition) is 6. The zero-order chi connectivity index (χ0) is 14.8. The van der Waals surface area contributed by atoms with Gasteiger partial charge in [-0.25, -0.2) is 9.97 Å². The third-order valence-electron chi connectivity index (χ3n) is 2.79. The molecule has 2 heterocycles. The van der Waals surface area contributed by atoms with E-state index < -0.39 is 0 Å². The van der Waals surface area contributed by atoms with Gasteiger partial charge in [0, 0.05) is 12.3 Å². The minimum Gasteiger partial charge on any atom is -0.384 e. The number of rotatable bonds is 4. The van der Waals surface area contributed by atoms with E-state index in [4.69, 9.17) is 5.73 Å². The van der Waals surface area contributed by atoms with Crippen molar-refractivity contribution in [2.24, 2.45) is 0 Å². The summed E-state index contributed by atoms with van der Waals surface area (Å²) in [5.41, 5.74) is 8.03. The molecule has 0 bridgehead atoms. The highest BCUT2D eigenvalue weighted by molar-refractivity contribution is 8.00. The summed E-state index contributed by atoms with van der Waals surface area (Å²) in [6.45, 7) is 6.30. The van der Waals surface area contributed by atoms with E-state index in [1.54, 1.807) is 29.6 Å². The molecule has 6 heteroatoms. The molecule has 20 heavy (non-hydrogen) atoms. The Morgan fingerprint density at radius 1 is 1.20 bits per heavy atom. The van der Waals surface area contributed by atoms with Gasteiger partial charge in [-0.2, -0.15) is 0 Å². The molecule has 0 aliphatic heterocycles. The van der Waals surface area contributed by atoms with Crippen LogP contribution in [0.25, 0.3) is 0 Å². The van der Waals surface area contributed by atoms with Crippen LogP contribution in [0.1, 0.15) is 25.1 Å². The lowest BCUT2D eigenvalue weighted by molar-refractivity contribution is 0.735. The highest BCUT2D eigenvalue weighted by Gasteiger charge is 2.25. The Morgan fingerprint density at radius 2 is 1.95 bits per heavy atom. The molecule has 0 aliphatic carbocycles. The van der Waals surface area contributed by atoms with Crippen LogP contribution in [0.4, 0.5) is 5.82 Å². The fourth-order valence-corrected chi connectivity index (χ4v) is 3.16. The molecule has 106 valence electrons. The Bertz CT molecular complexity index is 614. The van der Waals surface area contributed by atoms with Crippen LogP contribution in [0, 0.1) is 6.92 Å². The fraction of sp³-hybridized carbons (Fsp3) is 0.357. The number of nitrogen functional groups attached to an aromatic ring is 1. The third-order valence-corrected chi connectivity index (χ3v) is 4.50. The van der Waals surface area contributed by atoms with Gasteiger partial charge in [0.15, 0.2) is 5.16 Å². The summed E-state index contributed by atoms with van der Waals surface area (Å²) in [5.74, 6) is 0.500. The molecule has 0 aliphatic rings. The van der Waals surface area contributed by atoms with Gasteiger partial charge in [-0.15, -0.1) is 11.8 Å². The summed E-state index contributed by atoms with van der Waals surface area (Å²) >= 11 is 3.13. The van der Waals surface area contributed by atoms with Gasteiger partial charge in [-0.1, -0.05) is 11.8 Å². The summed E-state index contributed by atoms with van der Waals surface area (Å²) in [5, 5.41) is 1.57.